The van der Waals surface area contributed by atoms with Gasteiger partial charge in [0.15, 0.2) is 0 Å². The van der Waals surface area contributed by atoms with E-state index >= 15 is 0 Å². The summed E-state index contributed by atoms with van der Waals surface area (Å²) in [7, 11) is 0. The molecule has 15 heavy (non-hydrogen) atoms. The molecule has 0 bridgehead atoms. The van der Waals surface area contributed by atoms with Crippen LogP contribution in [0.25, 0.3) is 0 Å². The van der Waals surface area contributed by atoms with Gasteiger partial charge in [-0.1, -0.05) is 6.42 Å². The molecule has 0 aliphatic heterocycles. The minimum atomic E-state index is -0.400. The van der Waals surface area contributed by atoms with E-state index in [2.05, 4.69) is 11.6 Å². The Morgan fingerprint density at radius 3 is 2.53 bits per heavy atom. The maximum absolute atomic E-state index is 11.4. The Kier molecular flexibility index (Phi) is 7.88. The van der Waals surface area contributed by atoms with Crippen LogP contribution in [0.3, 0.4) is 0 Å². The van der Waals surface area contributed by atoms with E-state index in [9.17, 15) is 4.79 Å². The quantitative estimate of drug-likeness (QED) is 0.627. The molecule has 0 aromatic heterocycles. The normalized spacial score (nSPS) is 11.5. The van der Waals surface area contributed by atoms with E-state index in [1.165, 1.54) is 18.6 Å². The number of amides is 1. The number of hydrogen-bond acceptors (Lipinski definition) is 3. The predicted molar refractivity (Wildman–Crippen MR) is 68.1 cm³/mol. The van der Waals surface area contributed by atoms with Crippen molar-refractivity contribution in [1.82, 2.24) is 5.32 Å². The molecule has 0 aromatic carbocycles. The van der Waals surface area contributed by atoms with Gasteiger partial charge in [0.05, 0.1) is 0 Å². The van der Waals surface area contributed by atoms with Crippen LogP contribution in [0, 0.1) is 0 Å². The summed E-state index contributed by atoms with van der Waals surface area (Å²) in [6.45, 7) is 4.51. The first-order valence-corrected chi connectivity index (χ1v) is 6.89. The van der Waals surface area contributed by atoms with Crippen molar-refractivity contribution in [3.05, 3.63) is 0 Å². The molecule has 0 aliphatic carbocycles. The lowest BCUT2D eigenvalue weighted by atomic mass is 10.0. The third-order valence-electron chi connectivity index (χ3n) is 1.96. The third kappa shape index (κ3) is 11.7. The van der Waals surface area contributed by atoms with Crippen LogP contribution in [-0.4, -0.2) is 30.0 Å². The maximum atomic E-state index is 11.4. The summed E-state index contributed by atoms with van der Waals surface area (Å²) in [5.41, 5.74) is 5.34. The lowest BCUT2D eigenvalue weighted by Gasteiger charge is -2.17. The molecular formula is C11H24N2OS. The molecule has 3 N–H and O–H groups in total. The van der Waals surface area contributed by atoms with Crippen LogP contribution < -0.4 is 11.1 Å². The minimum absolute atomic E-state index is 0.0624. The van der Waals surface area contributed by atoms with Gasteiger partial charge in [-0.15, -0.1) is 0 Å². The monoisotopic (exact) mass is 232 g/mol. The Hall–Kier alpha value is -0.220. The average Bonchev–Trinajstić information content (AvgIpc) is 2.08. The molecule has 4 heteroatoms. The lowest BCUT2D eigenvalue weighted by molar-refractivity contribution is -0.122. The van der Waals surface area contributed by atoms with Crippen LogP contribution in [0.2, 0.25) is 0 Å². The Bertz CT molecular complexity index is 178. The molecule has 0 fully saturated rings. The van der Waals surface area contributed by atoms with Gasteiger partial charge in [-0.3, -0.25) is 4.79 Å². The van der Waals surface area contributed by atoms with Gasteiger partial charge in [-0.2, -0.15) is 11.8 Å². The molecule has 0 saturated heterocycles. The summed E-state index contributed by atoms with van der Waals surface area (Å²) in [4.78, 5) is 11.4. The average molecular weight is 232 g/mol. The largest absolute Gasteiger partial charge is 0.356 e. The summed E-state index contributed by atoms with van der Waals surface area (Å²) < 4.78 is 0. The lowest BCUT2D eigenvalue weighted by Crippen LogP contribution is -2.39. The van der Waals surface area contributed by atoms with E-state index in [-0.39, 0.29) is 5.91 Å². The number of nitrogens with two attached hydrogens (primary N) is 1. The second-order valence-electron chi connectivity index (χ2n) is 4.57. The van der Waals surface area contributed by atoms with Crippen molar-refractivity contribution in [3.63, 3.8) is 0 Å². The Balaban J connectivity index is 3.32. The van der Waals surface area contributed by atoms with E-state index in [0.29, 0.717) is 6.42 Å². The molecule has 0 saturated carbocycles. The molecule has 0 rings (SSSR count). The second kappa shape index (κ2) is 7.99. The van der Waals surface area contributed by atoms with Crippen molar-refractivity contribution < 1.29 is 4.79 Å². The predicted octanol–water partition coefficient (Wildman–Crippen LogP) is 1.76. The fourth-order valence-electron chi connectivity index (χ4n) is 1.25. The number of thioether (sulfide) groups is 1. The zero-order valence-electron chi connectivity index (χ0n) is 10.1. The van der Waals surface area contributed by atoms with Gasteiger partial charge in [0, 0.05) is 18.5 Å². The van der Waals surface area contributed by atoms with Crippen molar-refractivity contribution in [2.24, 2.45) is 5.73 Å². The Labute approximate surface area is 97.6 Å². The summed E-state index contributed by atoms with van der Waals surface area (Å²) in [6.07, 6.45) is 6.01. The van der Waals surface area contributed by atoms with Crippen LogP contribution >= 0.6 is 11.8 Å². The van der Waals surface area contributed by atoms with E-state index < -0.39 is 5.54 Å². The zero-order valence-corrected chi connectivity index (χ0v) is 11.0. The van der Waals surface area contributed by atoms with Crippen LogP contribution in [-0.2, 0) is 4.79 Å². The van der Waals surface area contributed by atoms with Crippen molar-refractivity contribution in [2.45, 2.75) is 45.1 Å². The standard InChI is InChI=1S/C11H24N2OS/c1-11(2,12)9-10(14)13-7-5-4-6-8-15-3/h4-9,12H2,1-3H3,(H,13,14). The van der Waals surface area contributed by atoms with Crippen LogP contribution in [0.15, 0.2) is 0 Å². The van der Waals surface area contributed by atoms with Gasteiger partial charge in [0.25, 0.3) is 0 Å². The number of carbonyl (C=O) groups is 1. The van der Waals surface area contributed by atoms with Gasteiger partial charge in [0.1, 0.15) is 0 Å². The van der Waals surface area contributed by atoms with Crippen LogP contribution in [0.1, 0.15) is 39.5 Å². The van der Waals surface area contributed by atoms with Crippen molar-refractivity contribution in [2.75, 3.05) is 18.6 Å². The van der Waals surface area contributed by atoms with Gasteiger partial charge in [0.2, 0.25) is 5.91 Å². The van der Waals surface area contributed by atoms with Crippen molar-refractivity contribution in [3.8, 4) is 0 Å². The van der Waals surface area contributed by atoms with E-state index in [1.54, 1.807) is 0 Å². The zero-order chi connectivity index (χ0) is 11.7. The summed E-state index contributed by atoms with van der Waals surface area (Å²) >= 11 is 1.87. The second-order valence-corrected chi connectivity index (χ2v) is 5.55. The molecule has 3 nitrogen and oxygen atoms in total. The number of rotatable bonds is 8. The van der Waals surface area contributed by atoms with Crippen molar-refractivity contribution >= 4 is 17.7 Å². The number of hydrogen-bond donors (Lipinski definition) is 2. The molecule has 1 amide bonds. The molecular weight excluding hydrogens is 208 g/mol. The summed E-state index contributed by atoms with van der Waals surface area (Å²) in [6, 6.07) is 0. The Morgan fingerprint density at radius 1 is 1.33 bits per heavy atom. The highest BCUT2D eigenvalue weighted by Gasteiger charge is 2.15. The van der Waals surface area contributed by atoms with Gasteiger partial charge in [-0.05, 0) is 38.7 Å². The number of nitrogens with one attached hydrogen (secondary N) is 1. The highest BCUT2D eigenvalue weighted by molar-refractivity contribution is 7.98. The number of unbranched alkanes of at least 4 members (excludes halogenated alkanes) is 2. The van der Waals surface area contributed by atoms with Gasteiger partial charge < -0.3 is 11.1 Å². The molecule has 0 aromatic rings. The van der Waals surface area contributed by atoms with Crippen molar-refractivity contribution in [1.29, 1.82) is 0 Å². The molecule has 0 radical (unpaired) electrons. The Morgan fingerprint density at radius 2 is 2.00 bits per heavy atom. The molecule has 0 unspecified atom stereocenters. The highest BCUT2D eigenvalue weighted by Crippen LogP contribution is 2.03. The van der Waals surface area contributed by atoms with Gasteiger partial charge in [-0.25, -0.2) is 0 Å². The molecule has 90 valence electrons. The number of carbonyl (C=O) groups excluding carboxylic acids is 1. The van der Waals surface area contributed by atoms with E-state index in [0.717, 1.165) is 13.0 Å². The fourth-order valence-corrected chi connectivity index (χ4v) is 1.75. The van der Waals surface area contributed by atoms with Crippen LogP contribution in [0.4, 0.5) is 0 Å². The maximum Gasteiger partial charge on any atom is 0.221 e. The topological polar surface area (TPSA) is 55.1 Å². The third-order valence-corrected chi connectivity index (χ3v) is 2.66. The van der Waals surface area contributed by atoms with Gasteiger partial charge >= 0.3 is 0 Å². The van der Waals surface area contributed by atoms with E-state index in [1.807, 2.05) is 25.6 Å². The molecule has 0 spiro atoms. The first-order chi connectivity index (χ1) is 6.95. The smallest absolute Gasteiger partial charge is 0.221 e. The SMILES string of the molecule is CSCCCCCNC(=O)CC(C)(C)N. The first kappa shape index (κ1) is 14.8. The highest BCUT2D eigenvalue weighted by atomic mass is 32.2. The summed E-state index contributed by atoms with van der Waals surface area (Å²) in [5, 5.41) is 2.89. The molecule has 0 heterocycles. The van der Waals surface area contributed by atoms with Crippen LogP contribution in [0.5, 0.6) is 0 Å². The minimum Gasteiger partial charge on any atom is -0.356 e. The molecule has 0 atom stereocenters. The summed E-state index contributed by atoms with van der Waals surface area (Å²) in [5.74, 6) is 1.27. The molecule has 0 aliphatic rings. The first-order valence-electron chi connectivity index (χ1n) is 5.50. The fraction of sp³-hybridized carbons (Fsp3) is 0.909. The van der Waals surface area contributed by atoms with E-state index in [4.69, 9.17) is 5.73 Å².